The van der Waals surface area contributed by atoms with Gasteiger partial charge in [0.15, 0.2) is 0 Å². The summed E-state index contributed by atoms with van der Waals surface area (Å²) in [5.74, 6) is 6.50. The molecule has 0 aliphatic carbocycles. The number of ether oxygens (including phenoxy) is 1. The van der Waals surface area contributed by atoms with Crippen LogP contribution in [0.5, 0.6) is 5.75 Å². The fourth-order valence-corrected chi connectivity index (χ4v) is 3.38. The molecule has 1 aliphatic rings. The van der Waals surface area contributed by atoms with Gasteiger partial charge in [-0.15, -0.1) is 0 Å². The predicted molar refractivity (Wildman–Crippen MR) is 116 cm³/mol. The topological polar surface area (TPSA) is 58.6 Å². The van der Waals surface area contributed by atoms with E-state index in [0.717, 1.165) is 0 Å². The average Bonchev–Trinajstić information content (AvgIpc) is 2.83. The zero-order chi connectivity index (χ0) is 21.6. The van der Waals surface area contributed by atoms with Crippen molar-refractivity contribution < 1.29 is 13.9 Å². The predicted octanol–water partition coefficient (Wildman–Crippen LogP) is 2.99. The largest absolute Gasteiger partial charge is 0.495 e. The van der Waals surface area contributed by atoms with Gasteiger partial charge in [0.2, 0.25) is 5.95 Å². The highest BCUT2D eigenvalue weighted by Crippen LogP contribution is 2.21. The molecule has 0 radical (unpaired) electrons. The highest BCUT2D eigenvalue weighted by molar-refractivity contribution is 5.95. The summed E-state index contributed by atoms with van der Waals surface area (Å²) in [6, 6.07) is 13.2. The fraction of sp³-hybridized carbons (Fsp3) is 0.208. The maximum Gasteiger partial charge on any atom is 0.254 e. The molecule has 0 atom stereocenters. The number of rotatable bonds is 3. The van der Waals surface area contributed by atoms with E-state index in [-0.39, 0.29) is 11.7 Å². The number of halogens is 1. The smallest absolute Gasteiger partial charge is 0.254 e. The van der Waals surface area contributed by atoms with E-state index in [1.807, 2.05) is 0 Å². The van der Waals surface area contributed by atoms with Crippen LogP contribution >= 0.6 is 0 Å². The maximum atomic E-state index is 13.9. The van der Waals surface area contributed by atoms with Crippen LogP contribution < -0.4 is 9.64 Å². The van der Waals surface area contributed by atoms with E-state index in [2.05, 4.69) is 26.7 Å². The third-order valence-electron chi connectivity index (χ3n) is 5.05. The fourth-order valence-electron chi connectivity index (χ4n) is 3.38. The molecule has 6 nitrogen and oxygen atoms in total. The molecule has 156 valence electrons. The van der Waals surface area contributed by atoms with Crippen molar-refractivity contribution >= 4 is 11.9 Å². The van der Waals surface area contributed by atoms with Gasteiger partial charge in [-0.2, -0.15) is 0 Å². The first kappa shape index (κ1) is 20.4. The zero-order valence-electron chi connectivity index (χ0n) is 17.1. The first-order valence-electron chi connectivity index (χ1n) is 9.91. The Bertz CT molecular complexity index is 1130. The van der Waals surface area contributed by atoms with Crippen molar-refractivity contribution in [2.75, 3.05) is 38.2 Å². The summed E-state index contributed by atoms with van der Waals surface area (Å²) in [5.41, 5.74) is 1.34. The molecule has 1 saturated heterocycles. The van der Waals surface area contributed by atoms with Crippen molar-refractivity contribution in [1.29, 1.82) is 0 Å². The number of methoxy groups -OCH3 is 1. The number of aromatic nitrogens is 2. The van der Waals surface area contributed by atoms with E-state index in [1.54, 1.807) is 59.8 Å². The Labute approximate surface area is 180 Å². The molecule has 0 saturated carbocycles. The number of carbonyl (C=O) groups excluding carboxylic acids is 1. The van der Waals surface area contributed by atoms with Crippen molar-refractivity contribution in [3.05, 3.63) is 83.4 Å². The number of carbonyl (C=O) groups is 1. The molecule has 0 N–H and O–H groups in total. The molecule has 1 aliphatic heterocycles. The quantitative estimate of drug-likeness (QED) is 0.615. The number of nitrogens with zero attached hydrogens (tertiary/aromatic N) is 4. The molecule has 0 spiro atoms. The van der Waals surface area contributed by atoms with Crippen molar-refractivity contribution in [2.24, 2.45) is 0 Å². The van der Waals surface area contributed by atoms with Gasteiger partial charge in [-0.05, 0) is 36.4 Å². The zero-order valence-corrected chi connectivity index (χ0v) is 17.1. The first-order chi connectivity index (χ1) is 15.2. The summed E-state index contributed by atoms with van der Waals surface area (Å²) in [6.45, 7) is 2.45. The number of anilines is 1. The van der Waals surface area contributed by atoms with Gasteiger partial charge in [0.1, 0.15) is 11.6 Å². The van der Waals surface area contributed by atoms with Gasteiger partial charge in [0.05, 0.1) is 18.2 Å². The van der Waals surface area contributed by atoms with Gasteiger partial charge < -0.3 is 14.5 Å². The van der Waals surface area contributed by atoms with Gasteiger partial charge in [0, 0.05) is 44.1 Å². The van der Waals surface area contributed by atoms with Crippen LogP contribution in [0, 0.1) is 17.7 Å². The number of hydrogen-bond acceptors (Lipinski definition) is 5. The lowest BCUT2D eigenvalue weighted by atomic mass is 10.1. The second-order valence-electron chi connectivity index (χ2n) is 6.97. The Morgan fingerprint density at radius 2 is 1.68 bits per heavy atom. The highest BCUT2D eigenvalue weighted by atomic mass is 19.1. The van der Waals surface area contributed by atoms with Crippen molar-refractivity contribution in [2.45, 2.75) is 0 Å². The van der Waals surface area contributed by atoms with Gasteiger partial charge in [0.25, 0.3) is 5.91 Å². The maximum absolute atomic E-state index is 13.9. The lowest BCUT2D eigenvalue weighted by molar-refractivity contribution is 0.0746. The monoisotopic (exact) mass is 416 g/mol. The third kappa shape index (κ3) is 4.64. The van der Waals surface area contributed by atoms with Crippen LogP contribution in [0.15, 0.2) is 60.9 Å². The first-order valence-corrected chi connectivity index (χ1v) is 9.91. The SMILES string of the molecule is COc1ccc(C(=O)N2CCN(c3ncccn3)CC2)cc1C#Cc1ccccc1F. The lowest BCUT2D eigenvalue weighted by Crippen LogP contribution is -2.49. The molecule has 4 rings (SSSR count). The van der Waals surface area contributed by atoms with Gasteiger partial charge in [-0.3, -0.25) is 4.79 Å². The molecule has 2 heterocycles. The van der Waals surface area contributed by atoms with Crippen LogP contribution in [0.3, 0.4) is 0 Å². The summed E-state index contributed by atoms with van der Waals surface area (Å²) in [6.07, 6.45) is 3.42. The minimum atomic E-state index is -0.388. The average molecular weight is 416 g/mol. The van der Waals surface area contributed by atoms with E-state index in [1.165, 1.54) is 13.2 Å². The Hall–Kier alpha value is -3.92. The van der Waals surface area contributed by atoms with Crippen molar-refractivity contribution in [3.8, 4) is 17.6 Å². The molecule has 0 bridgehead atoms. The molecule has 1 aromatic heterocycles. The Morgan fingerprint density at radius 3 is 2.39 bits per heavy atom. The molecule has 7 heteroatoms. The minimum absolute atomic E-state index is 0.0785. The number of hydrogen-bond donors (Lipinski definition) is 0. The van der Waals surface area contributed by atoms with Crippen molar-refractivity contribution in [1.82, 2.24) is 14.9 Å². The number of piperazine rings is 1. The number of amides is 1. The normalized spacial score (nSPS) is 13.4. The van der Waals surface area contributed by atoms with E-state index in [0.29, 0.717) is 54.6 Å². The molecule has 3 aromatic rings. The molecular weight excluding hydrogens is 395 g/mol. The summed E-state index contributed by atoms with van der Waals surface area (Å²) >= 11 is 0. The second-order valence-corrected chi connectivity index (χ2v) is 6.97. The lowest BCUT2D eigenvalue weighted by Gasteiger charge is -2.34. The van der Waals surface area contributed by atoms with Crippen molar-refractivity contribution in [3.63, 3.8) is 0 Å². The highest BCUT2D eigenvalue weighted by Gasteiger charge is 2.23. The summed E-state index contributed by atoms with van der Waals surface area (Å²) in [5, 5.41) is 0. The Balaban J connectivity index is 1.51. The summed E-state index contributed by atoms with van der Waals surface area (Å²) in [7, 11) is 1.54. The van der Waals surface area contributed by atoms with Crippen LogP contribution in [-0.2, 0) is 0 Å². The minimum Gasteiger partial charge on any atom is -0.495 e. The molecule has 2 aromatic carbocycles. The van der Waals surface area contributed by atoms with E-state index < -0.39 is 0 Å². The van der Waals surface area contributed by atoms with Crippen LogP contribution in [0.2, 0.25) is 0 Å². The Morgan fingerprint density at radius 1 is 0.968 bits per heavy atom. The molecule has 1 fully saturated rings. The van der Waals surface area contributed by atoms with Crippen LogP contribution in [0.1, 0.15) is 21.5 Å². The van der Waals surface area contributed by atoms with Gasteiger partial charge in [-0.1, -0.05) is 24.0 Å². The standard InChI is InChI=1S/C24H21FN4O2/c1-31-22-10-9-20(17-19(22)8-7-18-5-2-3-6-21(18)25)23(30)28-13-15-29(16-14-28)24-26-11-4-12-27-24/h2-6,9-12,17H,13-16H2,1H3. The van der Waals surface area contributed by atoms with Crippen LogP contribution in [-0.4, -0.2) is 54.1 Å². The van der Waals surface area contributed by atoms with E-state index >= 15 is 0 Å². The van der Waals surface area contributed by atoms with Crippen LogP contribution in [0.4, 0.5) is 10.3 Å². The van der Waals surface area contributed by atoms with Gasteiger partial charge >= 0.3 is 0 Å². The van der Waals surface area contributed by atoms with Crippen LogP contribution in [0.25, 0.3) is 0 Å². The van der Waals surface area contributed by atoms with E-state index in [4.69, 9.17) is 4.74 Å². The van der Waals surface area contributed by atoms with Gasteiger partial charge in [-0.25, -0.2) is 14.4 Å². The van der Waals surface area contributed by atoms with E-state index in [9.17, 15) is 9.18 Å². The molecule has 0 unspecified atom stereocenters. The number of benzene rings is 2. The summed E-state index contributed by atoms with van der Waals surface area (Å²) in [4.78, 5) is 25.4. The Kier molecular flexibility index (Phi) is 6.08. The molecular formula is C24H21FN4O2. The second kappa shape index (κ2) is 9.26. The third-order valence-corrected chi connectivity index (χ3v) is 5.05. The summed E-state index contributed by atoms with van der Waals surface area (Å²) < 4.78 is 19.2. The molecule has 1 amide bonds. The molecule has 31 heavy (non-hydrogen) atoms.